The first-order valence-electron chi connectivity index (χ1n) is 6.69. The number of nitrogens with zero attached hydrogens (tertiary/aromatic N) is 3. The van der Waals surface area contributed by atoms with Crippen molar-refractivity contribution in [3.63, 3.8) is 0 Å². The first kappa shape index (κ1) is 12.7. The molecule has 2 aliphatic rings. The van der Waals surface area contributed by atoms with Crippen molar-refractivity contribution in [1.82, 2.24) is 9.97 Å². The van der Waals surface area contributed by atoms with E-state index in [9.17, 15) is 13.2 Å². The van der Waals surface area contributed by atoms with Crippen molar-refractivity contribution in [3.8, 4) is 0 Å². The predicted molar refractivity (Wildman–Crippen MR) is 65.3 cm³/mol. The van der Waals surface area contributed by atoms with Crippen molar-refractivity contribution in [2.75, 3.05) is 18.0 Å². The fourth-order valence-corrected chi connectivity index (χ4v) is 2.35. The van der Waals surface area contributed by atoms with Crippen molar-refractivity contribution >= 4 is 5.82 Å². The van der Waals surface area contributed by atoms with Crippen LogP contribution in [0.4, 0.5) is 19.0 Å². The van der Waals surface area contributed by atoms with Crippen LogP contribution in [0, 0.1) is 0 Å². The monoisotopic (exact) mass is 271 g/mol. The van der Waals surface area contributed by atoms with Crippen LogP contribution < -0.4 is 4.90 Å². The molecule has 1 aliphatic carbocycles. The molecule has 0 N–H and O–H groups in total. The molecule has 0 aromatic carbocycles. The van der Waals surface area contributed by atoms with Gasteiger partial charge in [-0.3, -0.25) is 0 Å². The van der Waals surface area contributed by atoms with Crippen molar-refractivity contribution in [2.24, 2.45) is 0 Å². The lowest BCUT2D eigenvalue weighted by Crippen LogP contribution is -2.35. The lowest BCUT2D eigenvalue weighted by atomic mass is 10.1. The van der Waals surface area contributed by atoms with Gasteiger partial charge in [0.15, 0.2) is 0 Å². The summed E-state index contributed by atoms with van der Waals surface area (Å²) in [5.41, 5.74) is -0.214. The second-order valence-corrected chi connectivity index (χ2v) is 5.25. The van der Waals surface area contributed by atoms with E-state index in [1.54, 1.807) is 0 Å². The second kappa shape index (κ2) is 4.98. The molecule has 0 spiro atoms. The van der Waals surface area contributed by atoms with Gasteiger partial charge in [-0.05, 0) is 25.7 Å². The summed E-state index contributed by atoms with van der Waals surface area (Å²) in [4.78, 5) is 10.2. The Morgan fingerprint density at radius 2 is 1.79 bits per heavy atom. The van der Waals surface area contributed by atoms with Crippen LogP contribution >= 0.6 is 0 Å². The van der Waals surface area contributed by atoms with Crippen molar-refractivity contribution < 1.29 is 13.2 Å². The van der Waals surface area contributed by atoms with Crippen LogP contribution in [0.25, 0.3) is 0 Å². The highest BCUT2D eigenvalue weighted by molar-refractivity contribution is 5.41. The molecule has 1 aliphatic heterocycles. The number of hydrogen-bond donors (Lipinski definition) is 0. The van der Waals surface area contributed by atoms with E-state index in [0.29, 0.717) is 37.6 Å². The largest absolute Gasteiger partial charge is 0.356 e. The summed E-state index contributed by atoms with van der Waals surface area (Å²) >= 11 is 0. The van der Waals surface area contributed by atoms with Gasteiger partial charge in [0.2, 0.25) is 0 Å². The fourth-order valence-electron chi connectivity index (χ4n) is 2.35. The summed E-state index contributed by atoms with van der Waals surface area (Å²) in [6.07, 6.45) is -0.551. The van der Waals surface area contributed by atoms with Crippen LogP contribution in [0.2, 0.25) is 0 Å². The number of piperidine rings is 1. The molecule has 0 radical (unpaired) electrons. The van der Waals surface area contributed by atoms with Gasteiger partial charge in [-0.25, -0.2) is 23.1 Å². The van der Waals surface area contributed by atoms with E-state index in [4.69, 9.17) is 0 Å². The quantitative estimate of drug-likeness (QED) is 0.845. The third kappa shape index (κ3) is 2.82. The third-order valence-corrected chi connectivity index (χ3v) is 3.66. The van der Waals surface area contributed by atoms with E-state index in [0.717, 1.165) is 12.8 Å². The number of hydrogen-bond acceptors (Lipinski definition) is 3. The van der Waals surface area contributed by atoms with Gasteiger partial charge in [0.05, 0.1) is 0 Å². The maximum atomic E-state index is 13.1. The van der Waals surface area contributed by atoms with Crippen LogP contribution in [0.15, 0.2) is 6.07 Å². The van der Waals surface area contributed by atoms with Gasteiger partial charge in [0.25, 0.3) is 6.43 Å². The van der Waals surface area contributed by atoms with E-state index in [2.05, 4.69) is 9.97 Å². The molecule has 19 heavy (non-hydrogen) atoms. The highest BCUT2D eigenvalue weighted by Gasteiger charge is 2.29. The smallest absolute Gasteiger partial charge is 0.280 e. The molecule has 2 heterocycles. The van der Waals surface area contributed by atoms with Gasteiger partial charge >= 0.3 is 0 Å². The molecule has 0 atom stereocenters. The molecule has 1 aromatic rings. The molecule has 6 heteroatoms. The van der Waals surface area contributed by atoms with E-state index < -0.39 is 12.6 Å². The molecule has 1 aromatic heterocycles. The zero-order valence-corrected chi connectivity index (χ0v) is 10.5. The second-order valence-electron chi connectivity index (χ2n) is 5.25. The molecular formula is C13H16F3N3. The maximum absolute atomic E-state index is 13.1. The average molecular weight is 271 g/mol. The average Bonchev–Trinajstić information content (AvgIpc) is 3.23. The Balaban J connectivity index is 1.86. The number of rotatable bonds is 3. The lowest BCUT2D eigenvalue weighted by Gasteiger charge is -2.30. The fraction of sp³-hybridized carbons (Fsp3) is 0.692. The first-order valence-corrected chi connectivity index (χ1v) is 6.69. The highest BCUT2D eigenvalue weighted by Crippen LogP contribution is 2.39. The zero-order valence-electron chi connectivity index (χ0n) is 10.5. The molecule has 3 rings (SSSR count). The van der Waals surface area contributed by atoms with E-state index in [-0.39, 0.29) is 11.6 Å². The summed E-state index contributed by atoms with van der Waals surface area (Å²) in [6.45, 7) is 1.07. The molecule has 1 saturated carbocycles. The van der Waals surface area contributed by atoms with Crippen LogP contribution in [0.3, 0.4) is 0 Å². The number of alkyl halides is 3. The number of anilines is 1. The number of aromatic nitrogens is 2. The van der Waals surface area contributed by atoms with E-state index in [1.807, 2.05) is 4.90 Å². The van der Waals surface area contributed by atoms with Gasteiger partial charge in [-0.15, -0.1) is 0 Å². The topological polar surface area (TPSA) is 29.0 Å². The molecule has 104 valence electrons. The molecule has 0 unspecified atom stereocenters. The minimum absolute atomic E-state index is 0.214. The molecule has 0 bridgehead atoms. The highest BCUT2D eigenvalue weighted by atomic mass is 19.3. The molecule has 0 amide bonds. The van der Waals surface area contributed by atoms with Gasteiger partial charge in [0.1, 0.15) is 23.5 Å². The summed E-state index contributed by atoms with van der Waals surface area (Å²) in [7, 11) is 0. The van der Waals surface area contributed by atoms with Gasteiger partial charge in [-0.2, -0.15) is 0 Å². The SMILES string of the molecule is FC1CCN(c2cc(C(F)F)nc(C3CC3)n2)CC1. The van der Waals surface area contributed by atoms with Crippen LogP contribution in [0.1, 0.15) is 49.5 Å². The molecular weight excluding hydrogens is 255 g/mol. The summed E-state index contributed by atoms with van der Waals surface area (Å²) in [5.74, 6) is 1.28. The minimum atomic E-state index is -2.59. The predicted octanol–water partition coefficient (Wildman–Crippen LogP) is 3.23. The Bertz CT molecular complexity index is 434. The molecule has 3 nitrogen and oxygen atoms in total. The Hall–Kier alpha value is -1.33. The van der Waals surface area contributed by atoms with Crippen molar-refractivity contribution in [2.45, 2.75) is 44.2 Å². The Labute approximate surface area is 109 Å². The Morgan fingerprint density at radius 1 is 1.11 bits per heavy atom. The zero-order chi connectivity index (χ0) is 13.4. The van der Waals surface area contributed by atoms with Crippen molar-refractivity contribution in [1.29, 1.82) is 0 Å². The number of halogens is 3. The summed E-state index contributed by atoms with van der Waals surface area (Å²) in [6, 6.07) is 1.34. The maximum Gasteiger partial charge on any atom is 0.280 e. The Morgan fingerprint density at radius 3 is 2.37 bits per heavy atom. The third-order valence-electron chi connectivity index (χ3n) is 3.66. The summed E-state index contributed by atoms with van der Waals surface area (Å²) < 4.78 is 38.9. The normalized spacial score (nSPS) is 21.2. The van der Waals surface area contributed by atoms with Crippen LogP contribution in [0.5, 0.6) is 0 Å². The van der Waals surface area contributed by atoms with E-state index in [1.165, 1.54) is 6.07 Å². The van der Waals surface area contributed by atoms with Crippen molar-refractivity contribution in [3.05, 3.63) is 17.6 Å². The lowest BCUT2D eigenvalue weighted by molar-refractivity contribution is 0.145. The van der Waals surface area contributed by atoms with Gasteiger partial charge in [-0.1, -0.05) is 0 Å². The Kier molecular flexibility index (Phi) is 3.33. The van der Waals surface area contributed by atoms with Crippen LogP contribution in [-0.4, -0.2) is 29.2 Å². The van der Waals surface area contributed by atoms with Gasteiger partial charge < -0.3 is 4.90 Å². The summed E-state index contributed by atoms with van der Waals surface area (Å²) in [5, 5.41) is 0. The molecule has 2 fully saturated rings. The standard InChI is InChI=1S/C13H16F3N3/c14-9-3-5-19(6-4-9)11-7-10(12(15)16)17-13(18-11)8-1-2-8/h7-9,12H,1-6H2. The van der Waals surface area contributed by atoms with Gasteiger partial charge in [0, 0.05) is 25.1 Å². The van der Waals surface area contributed by atoms with E-state index >= 15 is 0 Å². The minimum Gasteiger partial charge on any atom is -0.356 e. The van der Waals surface area contributed by atoms with Crippen LogP contribution in [-0.2, 0) is 0 Å². The molecule has 1 saturated heterocycles. The first-order chi connectivity index (χ1) is 9.13.